The van der Waals surface area contributed by atoms with Gasteiger partial charge >= 0.3 is 6.03 Å². The van der Waals surface area contributed by atoms with Crippen LogP contribution in [0.4, 0.5) is 16.4 Å². The van der Waals surface area contributed by atoms with E-state index in [1.807, 2.05) is 22.9 Å². The van der Waals surface area contributed by atoms with Crippen molar-refractivity contribution in [2.24, 2.45) is 0 Å². The number of aromatic nitrogens is 3. The van der Waals surface area contributed by atoms with E-state index in [-0.39, 0.29) is 11.9 Å². The molecule has 0 aliphatic carbocycles. The van der Waals surface area contributed by atoms with E-state index in [9.17, 15) is 9.59 Å². The molecule has 0 bridgehead atoms. The zero-order valence-electron chi connectivity index (χ0n) is 13.5. The molecule has 1 aromatic carbocycles. The third-order valence-electron chi connectivity index (χ3n) is 3.78. The molecule has 0 radical (unpaired) electrons. The van der Waals surface area contributed by atoms with Gasteiger partial charge in [0.15, 0.2) is 0 Å². The van der Waals surface area contributed by atoms with Crippen LogP contribution in [0.1, 0.15) is 25.6 Å². The summed E-state index contributed by atoms with van der Waals surface area (Å²) in [6, 6.07) is 7.88. The van der Waals surface area contributed by atoms with E-state index in [4.69, 9.17) is 0 Å². The summed E-state index contributed by atoms with van der Waals surface area (Å²) in [5.41, 5.74) is 0.681. The number of nitrogens with zero attached hydrogens (tertiary/aromatic N) is 3. The van der Waals surface area contributed by atoms with Gasteiger partial charge in [-0.25, -0.2) is 9.48 Å². The van der Waals surface area contributed by atoms with Gasteiger partial charge in [-0.15, -0.1) is 5.10 Å². The Hall–Kier alpha value is -2.90. The molecule has 0 saturated carbocycles. The molecular formula is C16H20N6O2. The van der Waals surface area contributed by atoms with Crippen LogP contribution < -0.4 is 16.0 Å². The van der Waals surface area contributed by atoms with Crippen molar-refractivity contribution >= 4 is 23.6 Å². The fraction of sp³-hybridized carbons (Fsp3) is 0.375. The lowest BCUT2D eigenvalue weighted by molar-refractivity contribution is -0.117. The summed E-state index contributed by atoms with van der Waals surface area (Å²) in [6.07, 6.45) is 3.02. The zero-order chi connectivity index (χ0) is 16.9. The zero-order valence-corrected chi connectivity index (χ0v) is 13.5. The lowest BCUT2D eigenvalue weighted by Gasteiger charge is -2.13. The second-order valence-corrected chi connectivity index (χ2v) is 5.71. The molecule has 0 spiro atoms. The molecule has 1 aliphatic heterocycles. The van der Waals surface area contributed by atoms with Crippen molar-refractivity contribution in [3.63, 3.8) is 0 Å². The SMILES string of the molecule is CC(NC(=O)Nc1nc2n(n1)CCCC2)C(=O)Nc1ccccc1. The van der Waals surface area contributed by atoms with Crippen LogP contribution in [-0.4, -0.2) is 32.7 Å². The fourth-order valence-electron chi connectivity index (χ4n) is 2.51. The smallest absolute Gasteiger partial charge is 0.322 e. The number of carbonyl (C=O) groups is 2. The number of urea groups is 1. The van der Waals surface area contributed by atoms with Gasteiger partial charge in [0.1, 0.15) is 11.9 Å². The van der Waals surface area contributed by atoms with Crippen molar-refractivity contribution in [2.75, 3.05) is 10.6 Å². The molecule has 8 nitrogen and oxygen atoms in total. The van der Waals surface area contributed by atoms with Gasteiger partial charge in [-0.05, 0) is 31.9 Å². The predicted molar refractivity (Wildman–Crippen MR) is 89.6 cm³/mol. The summed E-state index contributed by atoms with van der Waals surface area (Å²) < 4.78 is 1.81. The maximum absolute atomic E-state index is 12.1. The Balaban J connectivity index is 1.52. The number of rotatable bonds is 4. The van der Waals surface area contributed by atoms with Crippen molar-refractivity contribution in [3.05, 3.63) is 36.2 Å². The van der Waals surface area contributed by atoms with E-state index in [1.165, 1.54) is 0 Å². The maximum Gasteiger partial charge on any atom is 0.322 e. The first-order chi connectivity index (χ1) is 11.6. The molecule has 24 heavy (non-hydrogen) atoms. The second-order valence-electron chi connectivity index (χ2n) is 5.71. The highest BCUT2D eigenvalue weighted by Crippen LogP contribution is 2.13. The van der Waals surface area contributed by atoms with Gasteiger partial charge in [0.2, 0.25) is 11.9 Å². The van der Waals surface area contributed by atoms with Crippen molar-refractivity contribution in [2.45, 2.75) is 38.8 Å². The highest BCUT2D eigenvalue weighted by Gasteiger charge is 2.18. The van der Waals surface area contributed by atoms with Crippen LogP contribution in [0.2, 0.25) is 0 Å². The predicted octanol–water partition coefficient (Wildman–Crippen LogP) is 1.76. The van der Waals surface area contributed by atoms with E-state index in [0.717, 1.165) is 31.6 Å². The second kappa shape index (κ2) is 7.12. The standard InChI is InChI=1S/C16H20N6O2/c1-11(14(23)18-12-7-3-2-4-8-12)17-16(24)20-15-19-13-9-5-6-10-22(13)21-15/h2-4,7-8,11H,5-6,9-10H2,1H3,(H,18,23)(H2,17,20,21,24). The minimum Gasteiger partial charge on any atom is -0.326 e. The number of anilines is 2. The van der Waals surface area contributed by atoms with E-state index in [2.05, 4.69) is 26.0 Å². The third-order valence-corrected chi connectivity index (χ3v) is 3.78. The summed E-state index contributed by atoms with van der Waals surface area (Å²) in [5.74, 6) is 0.847. The van der Waals surface area contributed by atoms with Gasteiger partial charge in [-0.2, -0.15) is 4.98 Å². The highest BCUT2D eigenvalue weighted by atomic mass is 16.2. The number of amides is 3. The largest absolute Gasteiger partial charge is 0.326 e. The lowest BCUT2D eigenvalue weighted by Crippen LogP contribution is -2.43. The van der Waals surface area contributed by atoms with Gasteiger partial charge in [-0.1, -0.05) is 18.2 Å². The Labute approximate surface area is 139 Å². The molecule has 3 N–H and O–H groups in total. The van der Waals surface area contributed by atoms with E-state index in [1.54, 1.807) is 19.1 Å². The number of benzene rings is 1. The molecule has 126 valence electrons. The molecule has 3 rings (SSSR count). The molecule has 1 aliphatic rings. The Bertz CT molecular complexity index is 704. The summed E-state index contributed by atoms with van der Waals surface area (Å²) in [6.45, 7) is 2.44. The number of carbonyl (C=O) groups excluding carboxylic acids is 2. The first-order valence-corrected chi connectivity index (χ1v) is 7.99. The Kier molecular flexibility index (Phi) is 4.74. The molecule has 1 unspecified atom stereocenters. The molecule has 0 fully saturated rings. The topological polar surface area (TPSA) is 101 Å². The van der Waals surface area contributed by atoms with Crippen molar-refractivity contribution in [1.82, 2.24) is 20.1 Å². The molecule has 1 aromatic heterocycles. The number of para-hydroxylation sites is 1. The summed E-state index contributed by atoms with van der Waals surface area (Å²) in [7, 11) is 0. The van der Waals surface area contributed by atoms with Crippen LogP contribution >= 0.6 is 0 Å². The first kappa shape index (κ1) is 16.0. The molecule has 8 heteroatoms. The van der Waals surface area contributed by atoms with Crippen LogP contribution in [0.15, 0.2) is 30.3 Å². The minimum absolute atomic E-state index is 0.264. The monoisotopic (exact) mass is 328 g/mol. The van der Waals surface area contributed by atoms with Gasteiger partial charge in [0.05, 0.1) is 0 Å². The quantitative estimate of drug-likeness (QED) is 0.796. The molecular weight excluding hydrogens is 308 g/mol. The molecule has 1 atom stereocenters. The van der Waals surface area contributed by atoms with E-state index in [0.29, 0.717) is 5.69 Å². The van der Waals surface area contributed by atoms with Crippen LogP contribution in [0, 0.1) is 0 Å². The van der Waals surface area contributed by atoms with Gasteiger partial charge < -0.3 is 10.6 Å². The van der Waals surface area contributed by atoms with Crippen molar-refractivity contribution in [3.8, 4) is 0 Å². The Morgan fingerprint density at radius 1 is 1.17 bits per heavy atom. The van der Waals surface area contributed by atoms with E-state index < -0.39 is 12.1 Å². The van der Waals surface area contributed by atoms with Gasteiger partial charge in [0, 0.05) is 18.7 Å². The third kappa shape index (κ3) is 3.89. The Morgan fingerprint density at radius 3 is 2.71 bits per heavy atom. The number of nitrogens with one attached hydrogen (secondary N) is 3. The molecule has 2 heterocycles. The minimum atomic E-state index is -0.692. The average molecular weight is 328 g/mol. The van der Waals surface area contributed by atoms with E-state index >= 15 is 0 Å². The van der Waals surface area contributed by atoms with Crippen molar-refractivity contribution in [1.29, 1.82) is 0 Å². The van der Waals surface area contributed by atoms with Gasteiger partial charge in [-0.3, -0.25) is 10.1 Å². The van der Waals surface area contributed by atoms with Crippen LogP contribution in [0.3, 0.4) is 0 Å². The number of hydrogen-bond acceptors (Lipinski definition) is 4. The molecule has 2 aromatic rings. The first-order valence-electron chi connectivity index (χ1n) is 7.99. The van der Waals surface area contributed by atoms with Gasteiger partial charge in [0.25, 0.3) is 0 Å². The average Bonchev–Trinajstić information content (AvgIpc) is 2.97. The molecule has 0 saturated heterocycles. The van der Waals surface area contributed by atoms with Crippen LogP contribution in [-0.2, 0) is 17.8 Å². The summed E-state index contributed by atoms with van der Waals surface area (Å²) in [4.78, 5) is 28.4. The normalized spacial score (nSPS) is 14.4. The molecule has 3 amide bonds. The number of hydrogen-bond donors (Lipinski definition) is 3. The highest BCUT2D eigenvalue weighted by molar-refractivity contribution is 5.98. The van der Waals surface area contributed by atoms with Crippen molar-refractivity contribution < 1.29 is 9.59 Å². The van der Waals surface area contributed by atoms with Crippen LogP contribution in [0.25, 0.3) is 0 Å². The maximum atomic E-state index is 12.1. The number of fused-ring (bicyclic) bond motifs is 1. The fourth-order valence-corrected chi connectivity index (χ4v) is 2.51. The Morgan fingerprint density at radius 2 is 1.96 bits per heavy atom. The summed E-state index contributed by atoms with van der Waals surface area (Å²) >= 11 is 0. The lowest BCUT2D eigenvalue weighted by atomic mass is 10.2. The number of aryl methyl sites for hydroxylation is 2. The van der Waals surface area contributed by atoms with Crippen LogP contribution in [0.5, 0.6) is 0 Å². The summed E-state index contributed by atoms with van der Waals surface area (Å²) in [5, 5.41) is 12.1.